The maximum atomic E-state index is 12.1. The molecule has 0 N–H and O–H groups in total. The Kier molecular flexibility index (Phi) is 8.26. The van der Waals surface area contributed by atoms with Gasteiger partial charge in [0.15, 0.2) is 5.78 Å². The van der Waals surface area contributed by atoms with Crippen LogP contribution in [0.1, 0.15) is 46.5 Å². The Morgan fingerprint density at radius 1 is 1.13 bits per heavy atom. The topological polar surface area (TPSA) is 69.7 Å². The van der Waals surface area contributed by atoms with Gasteiger partial charge in [-0.2, -0.15) is 8.42 Å². The van der Waals surface area contributed by atoms with E-state index in [1.54, 1.807) is 12.1 Å². The zero-order valence-corrected chi connectivity index (χ0v) is 14.9. The Bertz CT molecular complexity index is 578. The predicted octanol–water partition coefficient (Wildman–Crippen LogP) is 3.58. The molecule has 0 saturated carbocycles. The van der Waals surface area contributed by atoms with Crippen LogP contribution >= 0.6 is 0 Å². The van der Waals surface area contributed by atoms with Crippen LogP contribution in [-0.2, 0) is 19.1 Å². The minimum atomic E-state index is -3.92. The number of carbonyl (C=O) groups excluding carboxylic acids is 1. The first-order chi connectivity index (χ1) is 10.9. The van der Waals surface area contributed by atoms with Gasteiger partial charge in [-0.25, -0.2) is 0 Å². The average molecular weight is 342 g/mol. The Labute approximate surface area is 139 Å². The fraction of sp³-hybridized carbons (Fsp3) is 0.588. The van der Waals surface area contributed by atoms with Crippen LogP contribution in [0.2, 0.25) is 0 Å². The molecule has 130 valence electrons. The summed E-state index contributed by atoms with van der Waals surface area (Å²) in [5, 5.41) is 0. The number of unbranched alkanes of at least 4 members (excludes halogenated alkanes) is 2. The lowest BCUT2D eigenvalue weighted by molar-refractivity contribution is -0.124. The lowest BCUT2D eigenvalue weighted by Crippen LogP contribution is -2.20. The van der Waals surface area contributed by atoms with Crippen LogP contribution in [0.3, 0.4) is 0 Å². The second-order valence-electron chi connectivity index (χ2n) is 5.48. The maximum Gasteiger partial charge on any atom is 0.297 e. The van der Waals surface area contributed by atoms with Crippen molar-refractivity contribution in [3.05, 3.63) is 24.3 Å². The summed E-state index contributed by atoms with van der Waals surface area (Å²) in [7, 11) is -3.92. The standard InChI is InChI=1S/C17H26O5S/c1-4-6-7-8-14(3)17(18)13-22-23(19,20)16-11-9-15(10-12-16)21-5-2/h9-12,14H,4-8,13H2,1-3H3. The molecule has 0 spiro atoms. The second kappa shape index (κ2) is 9.67. The van der Waals surface area contributed by atoms with E-state index in [0.29, 0.717) is 12.4 Å². The summed E-state index contributed by atoms with van der Waals surface area (Å²) in [5.41, 5.74) is 0. The number of ether oxygens (including phenoxy) is 1. The van der Waals surface area contributed by atoms with Gasteiger partial charge < -0.3 is 4.74 Å². The van der Waals surface area contributed by atoms with E-state index < -0.39 is 16.7 Å². The third kappa shape index (κ3) is 6.71. The van der Waals surface area contributed by atoms with Crippen LogP contribution < -0.4 is 4.74 Å². The van der Waals surface area contributed by atoms with Crippen molar-refractivity contribution >= 4 is 15.9 Å². The SMILES string of the molecule is CCCCCC(C)C(=O)COS(=O)(=O)c1ccc(OCC)cc1. The van der Waals surface area contributed by atoms with Crippen molar-refractivity contribution in [1.82, 2.24) is 0 Å². The summed E-state index contributed by atoms with van der Waals surface area (Å²) in [6.07, 6.45) is 3.89. The molecule has 0 aromatic heterocycles. The minimum absolute atomic E-state index is 0.0207. The fourth-order valence-electron chi connectivity index (χ4n) is 2.08. The molecule has 0 radical (unpaired) electrons. The third-order valence-electron chi connectivity index (χ3n) is 3.57. The highest BCUT2D eigenvalue weighted by Gasteiger charge is 2.20. The van der Waals surface area contributed by atoms with Gasteiger partial charge >= 0.3 is 0 Å². The molecule has 1 atom stereocenters. The molecule has 0 fully saturated rings. The molecular weight excluding hydrogens is 316 g/mol. The van der Waals surface area contributed by atoms with Gasteiger partial charge in [-0.05, 0) is 37.6 Å². The molecule has 1 unspecified atom stereocenters. The molecule has 0 saturated heterocycles. The zero-order valence-electron chi connectivity index (χ0n) is 14.1. The van der Waals surface area contributed by atoms with Crippen molar-refractivity contribution in [2.45, 2.75) is 51.3 Å². The first-order valence-electron chi connectivity index (χ1n) is 8.05. The highest BCUT2D eigenvalue weighted by atomic mass is 32.2. The highest BCUT2D eigenvalue weighted by Crippen LogP contribution is 2.18. The summed E-state index contributed by atoms with van der Waals surface area (Å²) in [5.74, 6) is 0.222. The van der Waals surface area contributed by atoms with Gasteiger partial charge in [0, 0.05) is 5.92 Å². The van der Waals surface area contributed by atoms with Crippen LogP contribution in [-0.4, -0.2) is 27.4 Å². The zero-order chi connectivity index (χ0) is 17.3. The van der Waals surface area contributed by atoms with Crippen molar-refractivity contribution in [3.63, 3.8) is 0 Å². The minimum Gasteiger partial charge on any atom is -0.494 e. The number of hydrogen-bond acceptors (Lipinski definition) is 5. The van der Waals surface area contributed by atoms with E-state index in [9.17, 15) is 13.2 Å². The Hall–Kier alpha value is -1.40. The molecule has 0 aliphatic heterocycles. The molecule has 6 heteroatoms. The normalized spacial score (nSPS) is 12.8. The molecule has 1 aromatic carbocycles. The lowest BCUT2D eigenvalue weighted by atomic mass is 9.99. The monoisotopic (exact) mass is 342 g/mol. The van der Waals surface area contributed by atoms with Crippen LogP contribution in [0.25, 0.3) is 0 Å². The summed E-state index contributed by atoms with van der Waals surface area (Å²) in [6.45, 7) is 5.85. The molecule has 23 heavy (non-hydrogen) atoms. The second-order valence-corrected chi connectivity index (χ2v) is 7.10. The van der Waals surface area contributed by atoms with Crippen LogP contribution in [0.15, 0.2) is 29.2 Å². The molecular formula is C17H26O5S. The third-order valence-corrected chi connectivity index (χ3v) is 4.85. The number of ketones is 1. The first-order valence-corrected chi connectivity index (χ1v) is 9.46. The van der Waals surface area contributed by atoms with E-state index in [1.165, 1.54) is 12.1 Å². The Balaban J connectivity index is 2.56. The van der Waals surface area contributed by atoms with Crippen molar-refractivity contribution in [1.29, 1.82) is 0 Å². The van der Waals surface area contributed by atoms with Gasteiger partial charge in [0.25, 0.3) is 10.1 Å². The number of benzene rings is 1. The van der Waals surface area contributed by atoms with E-state index in [1.807, 2.05) is 13.8 Å². The first kappa shape index (κ1) is 19.6. The molecule has 0 aliphatic carbocycles. The lowest BCUT2D eigenvalue weighted by Gasteiger charge is -2.11. The van der Waals surface area contributed by atoms with Crippen LogP contribution in [0, 0.1) is 5.92 Å². The van der Waals surface area contributed by atoms with E-state index in [0.717, 1.165) is 25.7 Å². The largest absolute Gasteiger partial charge is 0.494 e. The predicted molar refractivity (Wildman–Crippen MR) is 89.1 cm³/mol. The maximum absolute atomic E-state index is 12.1. The van der Waals surface area contributed by atoms with Gasteiger partial charge in [0.2, 0.25) is 0 Å². The highest BCUT2D eigenvalue weighted by molar-refractivity contribution is 7.86. The molecule has 1 aromatic rings. The number of Topliss-reactive ketones (excluding diaryl/α,β-unsaturated/α-hetero) is 1. The van der Waals surface area contributed by atoms with E-state index in [4.69, 9.17) is 8.92 Å². The summed E-state index contributed by atoms with van der Waals surface area (Å²) in [4.78, 5) is 12.0. The fourth-order valence-corrected chi connectivity index (χ4v) is 2.95. The number of hydrogen-bond donors (Lipinski definition) is 0. The average Bonchev–Trinajstić information content (AvgIpc) is 2.53. The smallest absolute Gasteiger partial charge is 0.297 e. The molecule has 5 nitrogen and oxygen atoms in total. The summed E-state index contributed by atoms with van der Waals surface area (Å²) < 4.78 is 34.3. The molecule has 0 heterocycles. The molecule has 1 rings (SSSR count). The van der Waals surface area contributed by atoms with Crippen molar-refractivity contribution < 1.29 is 22.1 Å². The van der Waals surface area contributed by atoms with Gasteiger partial charge in [0.05, 0.1) is 11.5 Å². The van der Waals surface area contributed by atoms with E-state index in [-0.39, 0.29) is 16.6 Å². The van der Waals surface area contributed by atoms with Gasteiger partial charge in [-0.3, -0.25) is 8.98 Å². The number of carbonyl (C=O) groups is 1. The molecule has 0 aliphatic rings. The van der Waals surface area contributed by atoms with Crippen molar-refractivity contribution in [2.24, 2.45) is 5.92 Å². The van der Waals surface area contributed by atoms with Gasteiger partial charge in [0.1, 0.15) is 12.4 Å². The van der Waals surface area contributed by atoms with Crippen LogP contribution in [0.5, 0.6) is 5.75 Å². The molecule has 0 bridgehead atoms. The quantitative estimate of drug-likeness (QED) is 0.454. The summed E-state index contributed by atoms with van der Waals surface area (Å²) >= 11 is 0. The van der Waals surface area contributed by atoms with Gasteiger partial charge in [-0.1, -0.05) is 33.1 Å². The van der Waals surface area contributed by atoms with Gasteiger partial charge in [-0.15, -0.1) is 0 Å². The Morgan fingerprint density at radius 3 is 2.35 bits per heavy atom. The summed E-state index contributed by atoms with van der Waals surface area (Å²) in [6, 6.07) is 5.95. The van der Waals surface area contributed by atoms with Crippen molar-refractivity contribution in [2.75, 3.05) is 13.2 Å². The van der Waals surface area contributed by atoms with Crippen molar-refractivity contribution in [3.8, 4) is 5.75 Å². The number of rotatable bonds is 11. The van der Waals surface area contributed by atoms with E-state index in [2.05, 4.69) is 6.92 Å². The Morgan fingerprint density at radius 2 is 1.78 bits per heavy atom. The van der Waals surface area contributed by atoms with E-state index >= 15 is 0 Å². The van der Waals surface area contributed by atoms with Crippen LogP contribution in [0.4, 0.5) is 0 Å². The molecule has 0 amide bonds.